The molecule has 0 bridgehead atoms. The Hall–Kier alpha value is -0.610. The number of carbonyl (C=O) groups excluding carboxylic acids is 1. The van der Waals surface area contributed by atoms with Crippen molar-refractivity contribution in [3.63, 3.8) is 0 Å². The van der Waals surface area contributed by atoms with Gasteiger partial charge in [-0.3, -0.25) is 4.79 Å². The molecule has 4 heteroatoms. The van der Waals surface area contributed by atoms with Gasteiger partial charge in [0, 0.05) is 13.2 Å². The summed E-state index contributed by atoms with van der Waals surface area (Å²) in [7, 11) is 1.39. The van der Waals surface area contributed by atoms with E-state index in [4.69, 9.17) is 4.74 Å². The Labute approximate surface area is 72.2 Å². The number of hydrogen-bond donors (Lipinski definition) is 1. The first-order chi connectivity index (χ1) is 5.83. The van der Waals surface area contributed by atoms with Gasteiger partial charge in [-0.1, -0.05) is 0 Å². The molecule has 1 rings (SSSR count). The van der Waals surface area contributed by atoms with Crippen LogP contribution in [0.15, 0.2) is 0 Å². The molecule has 0 amide bonds. The van der Waals surface area contributed by atoms with Crippen LogP contribution in [0.25, 0.3) is 0 Å². The lowest BCUT2D eigenvalue weighted by atomic mass is 10.1. The van der Waals surface area contributed by atoms with Gasteiger partial charge in [0.2, 0.25) is 0 Å². The fourth-order valence-electron chi connectivity index (χ4n) is 1.19. The van der Waals surface area contributed by atoms with Crippen molar-refractivity contribution in [1.82, 2.24) is 5.32 Å². The highest BCUT2D eigenvalue weighted by molar-refractivity contribution is 5.71. The molecule has 0 aliphatic carbocycles. The smallest absolute Gasteiger partial charge is 0.319 e. The van der Waals surface area contributed by atoms with E-state index in [-0.39, 0.29) is 5.97 Å². The average molecular weight is 173 g/mol. The Balaban J connectivity index is 1.97. The lowest BCUT2D eigenvalue weighted by molar-refractivity contribution is -0.139. The van der Waals surface area contributed by atoms with E-state index in [1.54, 1.807) is 0 Å². The molecule has 1 aliphatic rings. The van der Waals surface area contributed by atoms with Gasteiger partial charge in [0.15, 0.2) is 0 Å². The second-order valence-electron chi connectivity index (χ2n) is 2.94. The van der Waals surface area contributed by atoms with Crippen molar-refractivity contribution in [2.45, 2.75) is 6.42 Å². The fourth-order valence-corrected chi connectivity index (χ4v) is 1.19. The molecule has 1 heterocycles. The minimum Gasteiger partial charge on any atom is -0.468 e. The fraction of sp³-hybridized carbons (Fsp3) is 0.875. The van der Waals surface area contributed by atoms with Gasteiger partial charge in [-0.25, -0.2) is 0 Å². The molecular formula is C8H15NO3. The van der Waals surface area contributed by atoms with E-state index in [1.165, 1.54) is 7.11 Å². The lowest BCUT2D eigenvalue weighted by Crippen LogP contribution is -2.29. The van der Waals surface area contributed by atoms with Crippen LogP contribution in [-0.4, -0.2) is 39.4 Å². The van der Waals surface area contributed by atoms with E-state index < -0.39 is 0 Å². The van der Waals surface area contributed by atoms with Gasteiger partial charge in [0.1, 0.15) is 0 Å². The zero-order valence-corrected chi connectivity index (χ0v) is 7.34. The van der Waals surface area contributed by atoms with Crippen LogP contribution in [0.5, 0.6) is 0 Å². The third-order valence-corrected chi connectivity index (χ3v) is 1.95. The maximum atomic E-state index is 10.7. The van der Waals surface area contributed by atoms with Crippen LogP contribution in [0.3, 0.4) is 0 Å². The van der Waals surface area contributed by atoms with Gasteiger partial charge < -0.3 is 14.8 Å². The molecule has 12 heavy (non-hydrogen) atoms. The largest absolute Gasteiger partial charge is 0.468 e. The third-order valence-electron chi connectivity index (χ3n) is 1.95. The van der Waals surface area contributed by atoms with Gasteiger partial charge in [-0.2, -0.15) is 0 Å². The first-order valence-electron chi connectivity index (χ1n) is 4.18. The molecule has 0 aromatic carbocycles. The molecule has 1 N–H and O–H groups in total. The molecule has 1 unspecified atom stereocenters. The molecule has 0 aromatic heterocycles. The summed E-state index contributed by atoms with van der Waals surface area (Å²) in [6, 6.07) is 0. The summed E-state index contributed by atoms with van der Waals surface area (Å²) in [5, 5.41) is 3.02. The molecule has 4 nitrogen and oxygen atoms in total. The third kappa shape index (κ3) is 3.19. The standard InChI is InChI=1S/C8H15NO3/c1-11-8(10)5-9-4-7-2-3-12-6-7/h7,9H,2-6H2,1H3. The maximum Gasteiger partial charge on any atom is 0.319 e. The number of ether oxygens (including phenoxy) is 2. The highest BCUT2D eigenvalue weighted by Gasteiger charge is 2.15. The summed E-state index contributed by atoms with van der Waals surface area (Å²) >= 11 is 0. The summed E-state index contributed by atoms with van der Waals surface area (Å²) in [6.07, 6.45) is 1.09. The number of carbonyl (C=O) groups is 1. The van der Waals surface area contributed by atoms with Crippen molar-refractivity contribution >= 4 is 5.97 Å². The average Bonchev–Trinajstić information content (AvgIpc) is 2.57. The summed E-state index contributed by atoms with van der Waals surface area (Å²) in [6.45, 7) is 2.81. The van der Waals surface area contributed by atoms with Crippen LogP contribution < -0.4 is 5.32 Å². The van der Waals surface area contributed by atoms with Gasteiger partial charge in [0.25, 0.3) is 0 Å². The van der Waals surface area contributed by atoms with Crippen LogP contribution in [-0.2, 0) is 14.3 Å². The summed E-state index contributed by atoms with van der Waals surface area (Å²) in [5.41, 5.74) is 0. The van der Waals surface area contributed by atoms with Crippen LogP contribution in [0.2, 0.25) is 0 Å². The highest BCUT2D eigenvalue weighted by Crippen LogP contribution is 2.10. The zero-order chi connectivity index (χ0) is 8.81. The summed E-state index contributed by atoms with van der Waals surface area (Å²) in [4.78, 5) is 10.7. The number of esters is 1. The monoisotopic (exact) mass is 173 g/mol. The number of rotatable bonds is 4. The first kappa shape index (κ1) is 9.48. The zero-order valence-electron chi connectivity index (χ0n) is 7.34. The topological polar surface area (TPSA) is 47.6 Å². The van der Waals surface area contributed by atoms with E-state index in [0.29, 0.717) is 12.5 Å². The van der Waals surface area contributed by atoms with Crippen molar-refractivity contribution < 1.29 is 14.3 Å². The number of methoxy groups -OCH3 is 1. The van der Waals surface area contributed by atoms with E-state index >= 15 is 0 Å². The van der Waals surface area contributed by atoms with Crippen LogP contribution in [0, 0.1) is 5.92 Å². The van der Waals surface area contributed by atoms with Crippen LogP contribution in [0.1, 0.15) is 6.42 Å². The Bertz CT molecular complexity index is 143. The molecule has 0 saturated carbocycles. The van der Waals surface area contributed by atoms with E-state index in [9.17, 15) is 4.79 Å². The van der Waals surface area contributed by atoms with Gasteiger partial charge >= 0.3 is 5.97 Å². The van der Waals surface area contributed by atoms with Crippen molar-refractivity contribution in [1.29, 1.82) is 0 Å². The molecule has 70 valence electrons. The second kappa shape index (κ2) is 5.11. The number of nitrogens with one attached hydrogen (secondary N) is 1. The predicted molar refractivity (Wildman–Crippen MR) is 43.8 cm³/mol. The van der Waals surface area contributed by atoms with Crippen molar-refractivity contribution in [2.75, 3.05) is 33.4 Å². The molecule has 0 spiro atoms. The van der Waals surface area contributed by atoms with E-state index in [1.807, 2.05) is 0 Å². The Kier molecular flexibility index (Phi) is 4.04. The van der Waals surface area contributed by atoms with Gasteiger partial charge in [-0.15, -0.1) is 0 Å². The molecule has 1 aliphatic heterocycles. The van der Waals surface area contributed by atoms with Crippen molar-refractivity contribution in [3.8, 4) is 0 Å². The van der Waals surface area contributed by atoms with Crippen molar-refractivity contribution in [2.24, 2.45) is 5.92 Å². The van der Waals surface area contributed by atoms with Crippen LogP contribution >= 0.6 is 0 Å². The molecule has 1 atom stereocenters. The second-order valence-corrected chi connectivity index (χ2v) is 2.94. The maximum absolute atomic E-state index is 10.7. The number of hydrogen-bond acceptors (Lipinski definition) is 4. The molecule has 1 fully saturated rings. The lowest BCUT2D eigenvalue weighted by Gasteiger charge is -2.07. The minimum absolute atomic E-state index is 0.214. The first-order valence-corrected chi connectivity index (χ1v) is 4.18. The Morgan fingerprint density at radius 2 is 2.58 bits per heavy atom. The Morgan fingerprint density at radius 3 is 3.17 bits per heavy atom. The summed E-state index contributed by atoms with van der Waals surface area (Å²) in [5.74, 6) is 0.351. The summed E-state index contributed by atoms with van der Waals surface area (Å²) < 4.78 is 9.67. The minimum atomic E-state index is -0.214. The van der Waals surface area contributed by atoms with Crippen LogP contribution in [0.4, 0.5) is 0 Å². The molecule has 0 aromatic rings. The predicted octanol–water partition coefficient (Wildman–Crippen LogP) is -0.215. The van der Waals surface area contributed by atoms with E-state index in [2.05, 4.69) is 10.1 Å². The normalized spacial score (nSPS) is 22.6. The molecule has 1 saturated heterocycles. The molecule has 0 radical (unpaired) electrons. The molecular weight excluding hydrogens is 158 g/mol. The quantitative estimate of drug-likeness (QED) is 0.597. The Morgan fingerprint density at radius 1 is 1.75 bits per heavy atom. The van der Waals surface area contributed by atoms with Gasteiger partial charge in [0.05, 0.1) is 20.3 Å². The van der Waals surface area contributed by atoms with Gasteiger partial charge in [-0.05, 0) is 12.3 Å². The van der Waals surface area contributed by atoms with E-state index in [0.717, 1.165) is 26.2 Å². The van der Waals surface area contributed by atoms with Crippen molar-refractivity contribution in [3.05, 3.63) is 0 Å². The SMILES string of the molecule is COC(=O)CNCC1CCOC1. The highest BCUT2D eigenvalue weighted by atomic mass is 16.5.